The maximum absolute atomic E-state index is 12.1. The average molecular weight is 311 g/mol. The molecule has 0 bridgehead atoms. The van der Waals surface area contributed by atoms with Crippen LogP contribution in [-0.4, -0.2) is 18.6 Å². The van der Waals surface area contributed by atoms with Crippen molar-refractivity contribution in [3.05, 3.63) is 65.2 Å². The first-order valence-electron chi connectivity index (χ1n) is 8.12. The normalized spacial score (nSPS) is 11.8. The number of benzene rings is 2. The average Bonchev–Trinajstić information content (AvgIpc) is 2.55. The van der Waals surface area contributed by atoms with Gasteiger partial charge in [-0.1, -0.05) is 42.5 Å². The molecule has 2 rings (SSSR count). The molecule has 0 saturated carbocycles. The summed E-state index contributed by atoms with van der Waals surface area (Å²) < 4.78 is 5.79. The van der Waals surface area contributed by atoms with Crippen molar-refractivity contribution >= 4 is 5.91 Å². The summed E-state index contributed by atoms with van der Waals surface area (Å²) in [6, 6.07) is 16.3. The summed E-state index contributed by atoms with van der Waals surface area (Å²) in [5.74, 6) is 0.705. The number of hydrogen-bond donors (Lipinski definition) is 1. The standard InChI is InChI=1S/C20H25NO2/c1-15-11-12-16(2)19(14-15)23-17(3)20(22)21-13-7-10-18-8-5-4-6-9-18/h4-6,8-9,11-12,14,17H,7,10,13H2,1-3H3,(H,21,22)/t17-/m0/s1. The predicted octanol–water partition coefficient (Wildman–Crippen LogP) is 3.82. The molecule has 3 heteroatoms. The van der Waals surface area contributed by atoms with E-state index in [0.717, 1.165) is 29.7 Å². The summed E-state index contributed by atoms with van der Waals surface area (Å²) in [5.41, 5.74) is 3.46. The van der Waals surface area contributed by atoms with Crippen LogP contribution in [0.5, 0.6) is 5.75 Å². The highest BCUT2D eigenvalue weighted by Crippen LogP contribution is 2.20. The van der Waals surface area contributed by atoms with Crippen molar-refractivity contribution in [1.82, 2.24) is 5.32 Å². The van der Waals surface area contributed by atoms with Crippen molar-refractivity contribution < 1.29 is 9.53 Å². The molecule has 0 heterocycles. The topological polar surface area (TPSA) is 38.3 Å². The molecule has 0 spiro atoms. The van der Waals surface area contributed by atoms with Crippen molar-refractivity contribution in [2.75, 3.05) is 6.54 Å². The van der Waals surface area contributed by atoms with Crippen LogP contribution in [0, 0.1) is 13.8 Å². The minimum atomic E-state index is -0.493. The van der Waals surface area contributed by atoms with E-state index in [1.54, 1.807) is 6.92 Å². The highest BCUT2D eigenvalue weighted by Gasteiger charge is 2.15. The maximum Gasteiger partial charge on any atom is 0.260 e. The number of carbonyl (C=O) groups excluding carboxylic acids is 1. The van der Waals surface area contributed by atoms with Crippen LogP contribution in [0.15, 0.2) is 48.5 Å². The summed E-state index contributed by atoms with van der Waals surface area (Å²) in [6.07, 6.45) is 1.39. The number of hydrogen-bond acceptors (Lipinski definition) is 2. The minimum Gasteiger partial charge on any atom is -0.481 e. The van der Waals surface area contributed by atoms with Crippen LogP contribution < -0.4 is 10.1 Å². The second-order valence-electron chi connectivity index (χ2n) is 5.91. The Bertz CT molecular complexity index is 637. The fourth-order valence-corrected chi connectivity index (χ4v) is 2.37. The van der Waals surface area contributed by atoms with Crippen molar-refractivity contribution in [2.24, 2.45) is 0 Å². The molecule has 0 aliphatic carbocycles. The SMILES string of the molecule is Cc1ccc(C)c(O[C@@H](C)C(=O)NCCCc2ccccc2)c1. The predicted molar refractivity (Wildman–Crippen MR) is 93.8 cm³/mol. The van der Waals surface area contributed by atoms with Gasteiger partial charge in [-0.2, -0.15) is 0 Å². The lowest BCUT2D eigenvalue weighted by atomic mass is 10.1. The molecular weight excluding hydrogens is 286 g/mol. The van der Waals surface area contributed by atoms with Gasteiger partial charge >= 0.3 is 0 Å². The van der Waals surface area contributed by atoms with E-state index < -0.39 is 6.10 Å². The molecule has 1 N–H and O–H groups in total. The van der Waals surface area contributed by atoms with Crippen LogP contribution in [0.3, 0.4) is 0 Å². The van der Waals surface area contributed by atoms with E-state index in [1.165, 1.54) is 5.56 Å². The molecule has 0 saturated heterocycles. The first-order valence-corrected chi connectivity index (χ1v) is 8.12. The van der Waals surface area contributed by atoms with Gasteiger partial charge < -0.3 is 10.1 Å². The lowest BCUT2D eigenvalue weighted by Gasteiger charge is -2.16. The van der Waals surface area contributed by atoms with E-state index in [0.29, 0.717) is 6.54 Å². The highest BCUT2D eigenvalue weighted by molar-refractivity contribution is 5.80. The van der Waals surface area contributed by atoms with Crippen LogP contribution in [0.2, 0.25) is 0 Å². The summed E-state index contributed by atoms with van der Waals surface area (Å²) in [6.45, 7) is 6.45. The first-order chi connectivity index (χ1) is 11.1. The third-order valence-electron chi connectivity index (χ3n) is 3.80. The van der Waals surface area contributed by atoms with Crippen LogP contribution in [0.1, 0.15) is 30.0 Å². The first kappa shape index (κ1) is 17.1. The Balaban J connectivity index is 1.75. The number of rotatable bonds is 7. The van der Waals surface area contributed by atoms with Gasteiger partial charge in [0, 0.05) is 6.54 Å². The van der Waals surface area contributed by atoms with Gasteiger partial charge in [-0.3, -0.25) is 4.79 Å². The van der Waals surface area contributed by atoms with Crippen LogP contribution in [0.25, 0.3) is 0 Å². The molecule has 0 unspecified atom stereocenters. The third kappa shape index (κ3) is 5.44. The minimum absolute atomic E-state index is 0.0704. The molecule has 0 radical (unpaired) electrons. The van der Waals surface area contributed by atoms with E-state index in [-0.39, 0.29) is 5.91 Å². The lowest BCUT2D eigenvalue weighted by molar-refractivity contribution is -0.127. The Morgan fingerprint density at radius 3 is 2.61 bits per heavy atom. The largest absolute Gasteiger partial charge is 0.481 e. The quantitative estimate of drug-likeness (QED) is 0.789. The Hall–Kier alpha value is -2.29. The Morgan fingerprint density at radius 2 is 1.87 bits per heavy atom. The number of nitrogens with one attached hydrogen (secondary N) is 1. The molecule has 1 amide bonds. The second kappa shape index (κ2) is 8.37. The van der Waals surface area contributed by atoms with E-state index in [4.69, 9.17) is 4.74 Å². The molecule has 0 aliphatic rings. The van der Waals surface area contributed by atoms with E-state index in [1.807, 2.05) is 50.2 Å². The van der Waals surface area contributed by atoms with Gasteiger partial charge in [0.05, 0.1) is 0 Å². The molecule has 23 heavy (non-hydrogen) atoms. The summed E-state index contributed by atoms with van der Waals surface area (Å²) in [4.78, 5) is 12.1. The molecule has 3 nitrogen and oxygen atoms in total. The fourth-order valence-electron chi connectivity index (χ4n) is 2.37. The van der Waals surface area contributed by atoms with E-state index >= 15 is 0 Å². The smallest absolute Gasteiger partial charge is 0.260 e. The molecule has 122 valence electrons. The zero-order valence-corrected chi connectivity index (χ0v) is 14.1. The summed E-state index contributed by atoms with van der Waals surface area (Å²) in [7, 11) is 0. The Kier molecular flexibility index (Phi) is 6.21. The molecular formula is C20H25NO2. The van der Waals surface area contributed by atoms with E-state index in [9.17, 15) is 4.79 Å². The Labute approximate surface area is 138 Å². The van der Waals surface area contributed by atoms with E-state index in [2.05, 4.69) is 17.4 Å². The maximum atomic E-state index is 12.1. The molecule has 0 fully saturated rings. The molecule has 2 aromatic rings. The van der Waals surface area contributed by atoms with Crippen LogP contribution >= 0.6 is 0 Å². The molecule has 0 aromatic heterocycles. The van der Waals surface area contributed by atoms with Crippen molar-refractivity contribution in [3.8, 4) is 5.75 Å². The fraction of sp³-hybridized carbons (Fsp3) is 0.350. The molecule has 2 aromatic carbocycles. The van der Waals surface area contributed by atoms with Crippen molar-refractivity contribution in [1.29, 1.82) is 0 Å². The van der Waals surface area contributed by atoms with Gasteiger partial charge in [-0.25, -0.2) is 0 Å². The number of amides is 1. The third-order valence-corrected chi connectivity index (χ3v) is 3.80. The van der Waals surface area contributed by atoms with Gasteiger partial charge in [-0.05, 0) is 56.4 Å². The van der Waals surface area contributed by atoms with Crippen molar-refractivity contribution in [2.45, 2.75) is 39.7 Å². The van der Waals surface area contributed by atoms with Gasteiger partial charge in [0.2, 0.25) is 0 Å². The Morgan fingerprint density at radius 1 is 1.13 bits per heavy atom. The zero-order valence-electron chi connectivity index (χ0n) is 14.1. The van der Waals surface area contributed by atoms with Gasteiger partial charge in [-0.15, -0.1) is 0 Å². The van der Waals surface area contributed by atoms with Crippen LogP contribution in [-0.2, 0) is 11.2 Å². The van der Waals surface area contributed by atoms with Gasteiger partial charge in [0.25, 0.3) is 5.91 Å². The summed E-state index contributed by atoms with van der Waals surface area (Å²) >= 11 is 0. The monoisotopic (exact) mass is 311 g/mol. The van der Waals surface area contributed by atoms with Gasteiger partial charge in [0.15, 0.2) is 6.10 Å². The zero-order chi connectivity index (χ0) is 16.7. The highest BCUT2D eigenvalue weighted by atomic mass is 16.5. The number of aryl methyl sites for hydroxylation is 3. The lowest BCUT2D eigenvalue weighted by Crippen LogP contribution is -2.37. The molecule has 1 atom stereocenters. The van der Waals surface area contributed by atoms with Crippen molar-refractivity contribution in [3.63, 3.8) is 0 Å². The van der Waals surface area contributed by atoms with Crippen LogP contribution in [0.4, 0.5) is 0 Å². The van der Waals surface area contributed by atoms with Gasteiger partial charge in [0.1, 0.15) is 5.75 Å². The molecule has 0 aliphatic heterocycles. The summed E-state index contributed by atoms with van der Waals surface area (Å²) in [5, 5.41) is 2.94. The number of carbonyl (C=O) groups is 1. The number of ether oxygens (including phenoxy) is 1. The second-order valence-corrected chi connectivity index (χ2v) is 5.91.